The summed E-state index contributed by atoms with van der Waals surface area (Å²) in [6.07, 6.45) is 0. The number of hydrogen-bond acceptors (Lipinski definition) is 2. The standard InChI is InChI=1S/C15H14Cl2FNO/c1-19-8-11-7-12(16)3-5-15(11)20-9-10-2-4-13(17)14(18)6-10/h2-7,19H,8-9H2,1H3. The third-order valence-corrected chi connectivity index (χ3v) is 3.31. The first-order valence-corrected chi connectivity index (χ1v) is 6.85. The van der Waals surface area contributed by atoms with Crippen molar-refractivity contribution in [1.82, 2.24) is 5.32 Å². The van der Waals surface area contributed by atoms with Crippen LogP contribution in [0.2, 0.25) is 10.0 Å². The van der Waals surface area contributed by atoms with Gasteiger partial charge in [-0.15, -0.1) is 0 Å². The zero-order valence-electron chi connectivity index (χ0n) is 10.9. The Balaban J connectivity index is 2.11. The highest BCUT2D eigenvalue weighted by molar-refractivity contribution is 6.31. The molecule has 0 aliphatic rings. The second-order valence-electron chi connectivity index (χ2n) is 4.32. The number of rotatable bonds is 5. The average Bonchev–Trinajstić information content (AvgIpc) is 2.42. The van der Waals surface area contributed by atoms with E-state index in [4.69, 9.17) is 27.9 Å². The first kappa shape index (κ1) is 15.1. The molecule has 2 aromatic rings. The zero-order valence-corrected chi connectivity index (χ0v) is 12.4. The summed E-state index contributed by atoms with van der Waals surface area (Å²) in [5.41, 5.74) is 1.67. The Labute approximate surface area is 127 Å². The predicted molar refractivity (Wildman–Crippen MR) is 80.0 cm³/mol. The number of hydrogen-bond donors (Lipinski definition) is 1. The molecule has 0 radical (unpaired) electrons. The van der Waals surface area contributed by atoms with E-state index < -0.39 is 5.82 Å². The monoisotopic (exact) mass is 313 g/mol. The highest BCUT2D eigenvalue weighted by Crippen LogP contribution is 2.24. The summed E-state index contributed by atoms with van der Waals surface area (Å²) in [5, 5.41) is 3.81. The largest absolute Gasteiger partial charge is 0.489 e. The molecule has 5 heteroatoms. The molecule has 0 spiro atoms. The van der Waals surface area contributed by atoms with Crippen molar-refractivity contribution >= 4 is 23.2 Å². The molecule has 0 saturated heterocycles. The van der Waals surface area contributed by atoms with Crippen LogP contribution in [0.1, 0.15) is 11.1 Å². The lowest BCUT2D eigenvalue weighted by Gasteiger charge is -2.12. The van der Waals surface area contributed by atoms with Crippen LogP contribution in [0.3, 0.4) is 0 Å². The van der Waals surface area contributed by atoms with Crippen LogP contribution in [0, 0.1) is 5.82 Å². The fourth-order valence-corrected chi connectivity index (χ4v) is 2.12. The van der Waals surface area contributed by atoms with Gasteiger partial charge in [-0.3, -0.25) is 0 Å². The number of ether oxygens (including phenoxy) is 1. The zero-order chi connectivity index (χ0) is 14.5. The molecule has 0 saturated carbocycles. The molecular weight excluding hydrogens is 300 g/mol. The molecule has 2 rings (SSSR count). The van der Waals surface area contributed by atoms with Crippen molar-refractivity contribution in [1.29, 1.82) is 0 Å². The van der Waals surface area contributed by atoms with Crippen molar-refractivity contribution in [2.45, 2.75) is 13.2 Å². The number of nitrogens with one attached hydrogen (secondary N) is 1. The summed E-state index contributed by atoms with van der Waals surface area (Å²) >= 11 is 11.6. The minimum atomic E-state index is -0.445. The van der Waals surface area contributed by atoms with Crippen molar-refractivity contribution in [3.63, 3.8) is 0 Å². The lowest BCUT2D eigenvalue weighted by molar-refractivity contribution is 0.302. The van der Waals surface area contributed by atoms with Gasteiger partial charge in [0, 0.05) is 17.1 Å². The summed E-state index contributed by atoms with van der Waals surface area (Å²) in [6, 6.07) is 10.0. The first-order valence-electron chi connectivity index (χ1n) is 6.10. The fourth-order valence-electron chi connectivity index (χ4n) is 1.81. The third-order valence-electron chi connectivity index (χ3n) is 2.77. The van der Waals surface area contributed by atoms with E-state index in [0.717, 1.165) is 16.9 Å². The maximum atomic E-state index is 13.3. The van der Waals surface area contributed by atoms with E-state index in [9.17, 15) is 4.39 Å². The van der Waals surface area contributed by atoms with Gasteiger partial charge < -0.3 is 10.1 Å². The summed E-state index contributed by atoms with van der Waals surface area (Å²) in [4.78, 5) is 0. The Morgan fingerprint density at radius 1 is 1.15 bits per heavy atom. The molecule has 0 bridgehead atoms. The molecule has 0 aliphatic carbocycles. The SMILES string of the molecule is CNCc1cc(Cl)ccc1OCc1ccc(Cl)c(F)c1. The van der Waals surface area contributed by atoms with Crippen molar-refractivity contribution in [3.8, 4) is 5.75 Å². The van der Waals surface area contributed by atoms with Crippen LogP contribution < -0.4 is 10.1 Å². The summed E-state index contributed by atoms with van der Waals surface area (Å²) < 4.78 is 19.1. The Kier molecular flexibility index (Phi) is 5.24. The van der Waals surface area contributed by atoms with Crippen molar-refractivity contribution in [2.75, 3.05) is 7.05 Å². The molecule has 0 atom stereocenters. The Morgan fingerprint density at radius 3 is 2.65 bits per heavy atom. The smallest absolute Gasteiger partial charge is 0.142 e. The van der Waals surface area contributed by atoms with E-state index in [1.807, 2.05) is 13.1 Å². The Hall–Kier alpha value is -1.29. The molecule has 0 heterocycles. The molecule has 1 N–H and O–H groups in total. The lowest BCUT2D eigenvalue weighted by atomic mass is 10.2. The minimum absolute atomic E-state index is 0.108. The van der Waals surface area contributed by atoms with Gasteiger partial charge in [-0.25, -0.2) is 4.39 Å². The molecule has 0 aromatic heterocycles. The molecule has 106 valence electrons. The van der Waals surface area contributed by atoms with Gasteiger partial charge in [-0.1, -0.05) is 29.3 Å². The molecular formula is C15H14Cl2FNO. The van der Waals surface area contributed by atoms with Crippen molar-refractivity contribution in [2.24, 2.45) is 0 Å². The van der Waals surface area contributed by atoms with Gasteiger partial charge in [-0.2, -0.15) is 0 Å². The molecule has 0 amide bonds. The molecule has 0 fully saturated rings. The van der Waals surface area contributed by atoms with Crippen LogP contribution in [0.4, 0.5) is 4.39 Å². The van der Waals surface area contributed by atoms with Gasteiger partial charge in [0.1, 0.15) is 18.2 Å². The summed E-state index contributed by atoms with van der Waals surface area (Å²) in [6.45, 7) is 0.914. The van der Waals surface area contributed by atoms with Crippen LogP contribution in [-0.2, 0) is 13.2 Å². The maximum absolute atomic E-state index is 13.3. The van der Waals surface area contributed by atoms with E-state index in [0.29, 0.717) is 11.6 Å². The molecule has 0 aliphatic heterocycles. The normalized spacial score (nSPS) is 10.6. The van der Waals surface area contributed by atoms with Crippen LogP contribution in [0.25, 0.3) is 0 Å². The maximum Gasteiger partial charge on any atom is 0.142 e. The quantitative estimate of drug-likeness (QED) is 0.881. The van der Waals surface area contributed by atoms with Crippen molar-refractivity contribution in [3.05, 3.63) is 63.4 Å². The molecule has 2 aromatic carbocycles. The van der Waals surface area contributed by atoms with E-state index in [-0.39, 0.29) is 11.6 Å². The van der Waals surface area contributed by atoms with E-state index in [2.05, 4.69) is 5.32 Å². The van der Waals surface area contributed by atoms with Crippen LogP contribution >= 0.6 is 23.2 Å². The molecule has 0 unspecified atom stereocenters. The van der Waals surface area contributed by atoms with Gasteiger partial charge in [0.15, 0.2) is 0 Å². The second-order valence-corrected chi connectivity index (χ2v) is 5.16. The van der Waals surface area contributed by atoms with Gasteiger partial charge in [0.2, 0.25) is 0 Å². The number of benzene rings is 2. The van der Waals surface area contributed by atoms with Gasteiger partial charge >= 0.3 is 0 Å². The number of halogens is 3. The van der Waals surface area contributed by atoms with Crippen LogP contribution in [0.5, 0.6) is 5.75 Å². The van der Waals surface area contributed by atoms with Crippen molar-refractivity contribution < 1.29 is 9.13 Å². The third kappa shape index (κ3) is 3.85. The summed E-state index contributed by atoms with van der Waals surface area (Å²) in [7, 11) is 1.85. The van der Waals surface area contributed by atoms with Crippen LogP contribution in [0.15, 0.2) is 36.4 Å². The molecule has 20 heavy (non-hydrogen) atoms. The average molecular weight is 314 g/mol. The van der Waals surface area contributed by atoms with E-state index in [1.165, 1.54) is 12.1 Å². The topological polar surface area (TPSA) is 21.3 Å². The van der Waals surface area contributed by atoms with E-state index >= 15 is 0 Å². The highest BCUT2D eigenvalue weighted by Gasteiger charge is 2.06. The highest BCUT2D eigenvalue weighted by atomic mass is 35.5. The Morgan fingerprint density at radius 2 is 1.95 bits per heavy atom. The Bertz CT molecular complexity index is 604. The van der Waals surface area contributed by atoms with Gasteiger partial charge in [0.25, 0.3) is 0 Å². The molecule has 2 nitrogen and oxygen atoms in total. The lowest BCUT2D eigenvalue weighted by Crippen LogP contribution is -2.07. The van der Waals surface area contributed by atoms with Gasteiger partial charge in [0.05, 0.1) is 5.02 Å². The first-order chi connectivity index (χ1) is 9.60. The minimum Gasteiger partial charge on any atom is -0.489 e. The summed E-state index contributed by atoms with van der Waals surface area (Å²) in [5.74, 6) is 0.276. The second kappa shape index (κ2) is 6.93. The fraction of sp³-hybridized carbons (Fsp3) is 0.200. The van der Waals surface area contributed by atoms with Crippen LogP contribution in [-0.4, -0.2) is 7.05 Å². The van der Waals surface area contributed by atoms with E-state index in [1.54, 1.807) is 18.2 Å². The van der Waals surface area contributed by atoms with Gasteiger partial charge in [-0.05, 0) is 42.9 Å². The predicted octanol–water partition coefficient (Wildman–Crippen LogP) is 4.43.